The molecule has 3 N–H and O–H groups in total. The lowest BCUT2D eigenvalue weighted by atomic mass is 9.94. The predicted molar refractivity (Wildman–Crippen MR) is 92.1 cm³/mol. The fourth-order valence-corrected chi connectivity index (χ4v) is 2.98. The molecule has 1 amide bonds. The van der Waals surface area contributed by atoms with Crippen LogP contribution in [0.1, 0.15) is 31.4 Å². The molecule has 0 radical (unpaired) electrons. The van der Waals surface area contributed by atoms with Crippen LogP contribution in [-0.4, -0.2) is 49.2 Å². The van der Waals surface area contributed by atoms with Gasteiger partial charge in [-0.3, -0.25) is 9.69 Å². The first kappa shape index (κ1) is 17.9. The van der Waals surface area contributed by atoms with Crippen molar-refractivity contribution in [2.45, 2.75) is 44.9 Å². The van der Waals surface area contributed by atoms with Crippen LogP contribution in [0.25, 0.3) is 0 Å². The molecule has 1 aromatic carbocycles. The fourth-order valence-electron chi connectivity index (χ4n) is 2.98. The number of hydrogen-bond donors (Lipinski definition) is 2. The van der Waals surface area contributed by atoms with Gasteiger partial charge in [-0.05, 0) is 31.4 Å². The molecule has 0 saturated heterocycles. The standard InChI is InChI=1S/C18H29N3O2/c1-18(2,13-20-17(22)10-16(11-19)23-3)21-9-8-14-6-4-5-7-15(14)12-21/h4-7,16H,8-13,19H2,1-3H3,(H,20,22). The number of carbonyl (C=O) groups is 1. The maximum absolute atomic E-state index is 12.0. The molecule has 0 fully saturated rings. The number of benzene rings is 1. The van der Waals surface area contributed by atoms with E-state index in [2.05, 4.69) is 48.3 Å². The van der Waals surface area contributed by atoms with Crippen molar-refractivity contribution in [3.05, 3.63) is 35.4 Å². The molecule has 0 aromatic heterocycles. The van der Waals surface area contributed by atoms with Crippen molar-refractivity contribution in [3.63, 3.8) is 0 Å². The van der Waals surface area contributed by atoms with E-state index < -0.39 is 0 Å². The number of ether oxygens (including phenoxy) is 1. The molecule has 1 atom stereocenters. The van der Waals surface area contributed by atoms with Crippen LogP contribution in [0.3, 0.4) is 0 Å². The van der Waals surface area contributed by atoms with E-state index in [4.69, 9.17) is 10.5 Å². The van der Waals surface area contributed by atoms with Gasteiger partial charge in [0.25, 0.3) is 0 Å². The Bertz CT molecular complexity index is 527. The van der Waals surface area contributed by atoms with Crippen LogP contribution in [0.15, 0.2) is 24.3 Å². The summed E-state index contributed by atoms with van der Waals surface area (Å²) in [5.41, 5.74) is 8.30. The summed E-state index contributed by atoms with van der Waals surface area (Å²) < 4.78 is 5.16. The van der Waals surface area contributed by atoms with Crippen LogP contribution in [0, 0.1) is 0 Å². The number of nitrogens with one attached hydrogen (secondary N) is 1. The van der Waals surface area contributed by atoms with Crippen molar-refractivity contribution >= 4 is 5.91 Å². The highest BCUT2D eigenvalue weighted by Gasteiger charge is 2.30. The Balaban J connectivity index is 1.88. The van der Waals surface area contributed by atoms with Crippen molar-refractivity contribution in [2.75, 3.05) is 26.7 Å². The molecule has 0 aliphatic carbocycles. The molecule has 1 aliphatic heterocycles. The van der Waals surface area contributed by atoms with Crippen LogP contribution in [0.5, 0.6) is 0 Å². The zero-order valence-corrected chi connectivity index (χ0v) is 14.5. The van der Waals surface area contributed by atoms with Gasteiger partial charge >= 0.3 is 0 Å². The molecule has 0 saturated carbocycles. The van der Waals surface area contributed by atoms with Crippen molar-refractivity contribution in [2.24, 2.45) is 5.73 Å². The molecule has 23 heavy (non-hydrogen) atoms. The lowest BCUT2D eigenvalue weighted by molar-refractivity contribution is -0.124. The lowest BCUT2D eigenvalue weighted by Crippen LogP contribution is -2.53. The summed E-state index contributed by atoms with van der Waals surface area (Å²) >= 11 is 0. The molecule has 0 spiro atoms. The third-order valence-corrected chi connectivity index (χ3v) is 4.71. The predicted octanol–water partition coefficient (Wildman–Crippen LogP) is 1.30. The first-order chi connectivity index (χ1) is 11.0. The van der Waals surface area contributed by atoms with Crippen molar-refractivity contribution in [3.8, 4) is 0 Å². The SMILES string of the molecule is COC(CN)CC(=O)NCC(C)(C)N1CCc2ccccc2C1. The van der Waals surface area contributed by atoms with E-state index in [1.165, 1.54) is 11.1 Å². The maximum Gasteiger partial charge on any atom is 0.222 e. The molecule has 1 unspecified atom stereocenters. The van der Waals surface area contributed by atoms with Gasteiger partial charge in [-0.25, -0.2) is 0 Å². The summed E-state index contributed by atoms with van der Waals surface area (Å²) in [5, 5.41) is 3.03. The van der Waals surface area contributed by atoms with Crippen LogP contribution in [0.4, 0.5) is 0 Å². The highest BCUT2D eigenvalue weighted by Crippen LogP contribution is 2.24. The smallest absolute Gasteiger partial charge is 0.222 e. The zero-order chi connectivity index (χ0) is 16.9. The number of fused-ring (bicyclic) bond motifs is 1. The minimum atomic E-state index is -0.208. The van der Waals surface area contributed by atoms with Gasteiger partial charge in [-0.1, -0.05) is 24.3 Å². The van der Waals surface area contributed by atoms with Crippen molar-refractivity contribution in [1.82, 2.24) is 10.2 Å². The molecule has 2 rings (SSSR count). The van der Waals surface area contributed by atoms with E-state index in [9.17, 15) is 4.79 Å². The number of methoxy groups -OCH3 is 1. The van der Waals surface area contributed by atoms with Crippen molar-refractivity contribution in [1.29, 1.82) is 0 Å². The van der Waals surface area contributed by atoms with Crippen LogP contribution >= 0.6 is 0 Å². The molecule has 1 aromatic rings. The quantitative estimate of drug-likeness (QED) is 0.795. The third-order valence-electron chi connectivity index (χ3n) is 4.71. The Morgan fingerprint density at radius 3 is 2.74 bits per heavy atom. The Hall–Kier alpha value is -1.43. The number of hydrogen-bond acceptors (Lipinski definition) is 4. The van der Waals surface area contributed by atoms with Crippen molar-refractivity contribution < 1.29 is 9.53 Å². The van der Waals surface area contributed by atoms with Gasteiger partial charge in [0.2, 0.25) is 5.91 Å². The van der Waals surface area contributed by atoms with E-state index in [0.717, 1.165) is 19.5 Å². The average Bonchev–Trinajstić information content (AvgIpc) is 2.57. The van der Waals surface area contributed by atoms with E-state index in [1.54, 1.807) is 7.11 Å². The maximum atomic E-state index is 12.0. The van der Waals surface area contributed by atoms with Gasteiger partial charge in [-0.2, -0.15) is 0 Å². The molecule has 128 valence electrons. The number of nitrogens with two attached hydrogens (primary N) is 1. The number of amides is 1. The van der Waals surface area contributed by atoms with Crippen LogP contribution in [-0.2, 0) is 22.5 Å². The van der Waals surface area contributed by atoms with E-state index in [1.807, 2.05) is 0 Å². The Morgan fingerprint density at radius 2 is 2.09 bits per heavy atom. The lowest BCUT2D eigenvalue weighted by Gasteiger charge is -2.41. The van der Waals surface area contributed by atoms with Gasteiger partial charge < -0.3 is 15.8 Å². The van der Waals surface area contributed by atoms with Gasteiger partial charge in [0.1, 0.15) is 0 Å². The van der Waals surface area contributed by atoms with E-state index in [-0.39, 0.29) is 17.6 Å². The fraction of sp³-hybridized carbons (Fsp3) is 0.611. The molecule has 0 bridgehead atoms. The van der Waals surface area contributed by atoms with Gasteiger partial charge in [-0.15, -0.1) is 0 Å². The monoisotopic (exact) mass is 319 g/mol. The van der Waals surface area contributed by atoms with Crippen LogP contribution in [0.2, 0.25) is 0 Å². The van der Waals surface area contributed by atoms with Gasteiger partial charge in [0.05, 0.1) is 12.5 Å². The normalized spacial score (nSPS) is 16.7. The number of nitrogens with zero attached hydrogens (tertiary/aromatic N) is 1. The molecular weight excluding hydrogens is 290 g/mol. The number of rotatable bonds is 7. The minimum absolute atomic E-state index is 0.00668. The second kappa shape index (κ2) is 7.90. The Labute approximate surface area is 139 Å². The first-order valence-electron chi connectivity index (χ1n) is 8.27. The summed E-state index contributed by atoms with van der Waals surface area (Å²) in [7, 11) is 1.58. The largest absolute Gasteiger partial charge is 0.380 e. The molecule has 5 nitrogen and oxygen atoms in total. The van der Waals surface area contributed by atoms with Gasteiger partial charge in [0, 0.05) is 38.8 Å². The van der Waals surface area contributed by atoms with E-state index >= 15 is 0 Å². The molecule has 5 heteroatoms. The van der Waals surface area contributed by atoms with Gasteiger partial charge in [0.15, 0.2) is 0 Å². The summed E-state index contributed by atoms with van der Waals surface area (Å²) in [5.74, 6) is -0.00668. The Morgan fingerprint density at radius 1 is 1.39 bits per heavy atom. The highest BCUT2D eigenvalue weighted by molar-refractivity contribution is 5.76. The first-order valence-corrected chi connectivity index (χ1v) is 8.27. The topological polar surface area (TPSA) is 67.6 Å². The second-order valence-corrected chi connectivity index (χ2v) is 6.83. The summed E-state index contributed by atoms with van der Waals surface area (Å²) in [4.78, 5) is 14.5. The molecular formula is C18H29N3O2. The minimum Gasteiger partial charge on any atom is -0.380 e. The average molecular weight is 319 g/mol. The summed E-state index contributed by atoms with van der Waals surface area (Å²) in [6, 6.07) is 8.60. The number of carbonyl (C=O) groups excluding carboxylic acids is 1. The zero-order valence-electron chi connectivity index (χ0n) is 14.5. The molecule has 1 heterocycles. The third kappa shape index (κ3) is 4.77. The van der Waals surface area contributed by atoms with Crippen LogP contribution < -0.4 is 11.1 Å². The summed E-state index contributed by atoms with van der Waals surface area (Å²) in [6.45, 7) is 7.28. The van der Waals surface area contributed by atoms with E-state index in [0.29, 0.717) is 19.5 Å². The Kier molecular flexibility index (Phi) is 6.16. The highest BCUT2D eigenvalue weighted by atomic mass is 16.5. The summed E-state index contributed by atoms with van der Waals surface area (Å²) in [6.07, 6.45) is 1.17. The second-order valence-electron chi connectivity index (χ2n) is 6.83. The molecule has 1 aliphatic rings.